The average molecular weight is 572 g/mol. The lowest BCUT2D eigenvalue weighted by Crippen LogP contribution is -2.57. The van der Waals surface area contributed by atoms with Crippen molar-refractivity contribution in [3.05, 3.63) is 84.2 Å². The maximum Gasteiger partial charge on any atom is 0.416 e. The van der Waals surface area contributed by atoms with Gasteiger partial charge in [0.25, 0.3) is 5.91 Å². The number of likely N-dealkylation sites (tertiary alicyclic amines) is 1. The molecule has 3 aromatic rings. The summed E-state index contributed by atoms with van der Waals surface area (Å²) in [4.78, 5) is 18.8. The predicted molar refractivity (Wildman–Crippen MR) is 134 cm³/mol. The number of sulfone groups is 1. The average Bonchev–Trinajstić information content (AvgIpc) is 2.89. The van der Waals surface area contributed by atoms with Gasteiger partial charge in [0.2, 0.25) is 0 Å². The normalized spacial score (nSPS) is 15.8. The summed E-state index contributed by atoms with van der Waals surface area (Å²) >= 11 is 0. The summed E-state index contributed by atoms with van der Waals surface area (Å²) in [5, 5.41) is 9.36. The number of nitrogens with zero attached hydrogens (tertiary/aromatic N) is 2. The number of amides is 1. The number of piperidine rings is 1. The first-order valence-corrected chi connectivity index (χ1v) is 12.8. The third-order valence-corrected chi connectivity index (χ3v) is 8.87. The van der Waals surface area contributed by atoms with E-state index in [9.17, 15) is 31.6 Å². The molecular formula is C25H25ClF3N3O5S. The quantitative estimate of drug-likeness (QED) is 0.314. The van der Waals surface area contributed by atoms with E-state index in [4.69, 9.17) is 4.74 Å². The molecule has 0 radical (unpaired) electrons. The van der Waals surface area contributed by atoms with Crippen molar-refractivity contribution in [3.63, 3.8) is 0 Å². The summed E-state index contributed by atoms with van der Waals surface area (Å²) in [5.74, 6) is -0.667. The van der Waals surface area contributed by atoms with Crippen LogP contribution in [0.2, 0.25) is 0 Å². The molecule has 0 aliphatic carbocycles. The first kappa shape index (κ1) is 29.4. The molecular weight excluding hydrogens is 547 g/mol. The Morgan fingerprint density at radius 3 is 2.08 bits per heavy atom. The highest BCUT2D eigenvalue weighted by Gasteiger charge is 2.53. The second-order valence-corrected chi connectivity index (χ2v) is 10.9. The number of carbonyl (C=O) groups excluding carboxylic acids is 1. The molecule has 1 fully saturated rings. The van der Waals surface area contributed by atoms with Crippen molar-refractivity contribution >= 4 is 28.2 Å². The number of pyridine rings is 1. The van der Waals surface area contributed by atoms with Crippen LogP contribution in [0.5, 0.6) is 11.5 Å². The highest BCUT2D eigenvalue weighted by Crippen LogP contribution is 2.37. The highest BCUT2D eigenvalue weighted by molar-refractivity contribution is 7.93. The monoisotopic (exact) mass is 571 g/mol. The molecule has 38 heavy (non-hydrogen) atoms. The van der Waals surface area contributed by atoms with Crippen molar-refractivity contribution in [2.75, 3.05) is 13.1 Å². The molecule has 1 saturated heterocycles. The van der Waals surface area contributed by atoms with Gasteiger partial charge in [0.05, 0.1) is 16.2 Å². The van der Waals surface area contributed by atoms with Crippen LogP contribution < -0.4 is 10.2 Å². The number of ether oxygens (including phenoxy) is 1. The predicted octanol–water partition coefficient (Wildman–Crippen LogP) is 4.63. The van der Waals surface area contributed by atoms with Crippen molar-refractivity contribution in [1.82, 2.24) is 15.4 Å². The van der Waals surface area contributed by atoms with Crippen LogP contribution in [0.3, 0.4) is 0 Å². The Hall–Kier alpha value is -3.19. The fourth-order valence-electron chi connectivity index (χ4n) is 4.27. The number of benzene rings is 2. The molecule has 2 heterocycles. The zero-order chi connectivity index (χ0) is 26.7. The van der Waals surface area contributed by atoms with E-state index in [1.54, 1.807) is 12.3 Å². The number of aromatic nitrogens is 1. The zero-order valence-corrected chi connectivity index (χ0v) is 21.5. The molecule has 0 saturated carbocycles. The third kappa shape index (κ3) is 6.09. The van der Waals surface area contributed by atoms with E-state index in [0.29, 0.717) is 19.6 Å². The van der Waals surface area contributed by atoms with E-state index in [1.165, 1.54) is 29.7 Å². The maximum atomic E-state index is 13.6. The molecule has 8 nitrogen and oxygen atoms in total. The van der Waals surface area contributed by atoms with Gasteiger partial charge in [-0.3, -0.25) is 19.9 Å². The summed E-state index contributed by atoms with van der Waals surface area (Å²) in [6.07, 6.45) is -2.89. The van der Waals surface area contributed by atoms with Crippen LogP contribution in [0.4, 0.5) is 13.2 Å². The van der Waals surface area contributed by atoms with Crippen LogP contribution in [0.25, 0.3) is 0 Å². The smallest absolute Gasteiger partial charge is 0.416 e. The molecule has 4 rings (SSSR count). The summed E-state index contributed by atoms with van der Waals surface area (Å²) < 4.78 is 69.1. The van der Waals surface area contributed by atoms with Crippen molar-refractivity contribution in [2.24, 2.45) is 0 Å². The molecule has 204 valence electrons. The van der Waals surface area contributed by atoms with Crippen molar-refractivity contribution in [1.29, 1.82) is 0 Å². The van der Waals surface area contributed by atoms with Gasteiger partial charge in [0.15, 0.2) is 14.6 Å². The lowest BCUT2D eigenvalue weighted by Gasteiger charge is -2.39. The van der Waals surface area contributed by atoms with E-state index < -0.39 is 32.2 Å². The standard InChI is InChI=1S/C25H24F3N3O5S.ClH/c26-25(27,28)18-4-6-20(7-5-18)36-21-8-10-22(11-9-21)37(34,35)24(23(32)30-33)12-15-31(16-13-24)17-19-3-1-2-14-29-19;/h1-11,14,33H,12-13,15-17H2,(H,30,32);1H. The molecule has 2 N–H and O–H groups in total. The van der Waals surface area contributed by atoms with Gasteiger partial charge in [-0.15, -0.1) is 12.4 Å². The number of hydrogen-bond donors (Lipinski definition) is 2. The minimum Gasteiger partial charge on any atom is -0.457 e. The molecule has 1 amide bonds. The second-order valence-electron chi connectivity index (χ2n) is 8.63. The summed E-state index contributed by atoms with van der Waals surface area (Å²) in [6.45, 7) is 1.07. The molecule has 1 aromatic heterocycles. The van der Waals surface area contributed by atoms with Gasteiger partial charge in [-0.05, 0) is 73.5 Å². The van der Waals surface area contributed by atoms with Crippen LogP contribution in [0.1, 0.15) is 24.1 Å². The topological polar surface area (TPSA) is 109 Å². The Balaban J connectivity index is 0.00000400. The van der Waals surface area contributed by atoms with Gasteiger partial charge in [0, 0.05) is 25.8 Å². The highest BCUT2D eigenvalue weighted by atomic mass is 35.5. The Morgan fingerprint density at radius 1 is 1.00 bits per heavy atom. The van der Waals surface area contributed by atoms with Gasteiger partial charge in [-0.1, -0.05) is 6.07 Å². The van der Waals surface area contributed by atoms with Crippen LogP contribution in [-0.2, 0) is 27.4 Å². The molecule has 1 aliphatic rings. The SMILES string of the molecule is Cl.O=C(NO)C1(S(=O)(=O)c2ccc(Oc3ccc(C(F)(F)F)cc3)cc2)CCN(Cc2ccccn2)CC1. The molecule has 13 heteroatoms. The van der Waals surface area contributed by atoms with Crippen molar-refractivity contribution < 1.29 is 36.3 Å². The van der Waals surface area contributed by atoms with E-state index in [-0.39, 0.29) is 41.6 Å². The maximum absolute atomic E-state index is 13.6. The number of rotatable bonds is 7. The second kappa shape index (κ2) is 11.7. The zero-order valence-electron chi connectivity index (χ0n) is 19.9. The molecule has 1 aliphatic heterocycles. The molecule has 0 unspecified atom stereocenters. The van der Waals surface area contributed by atoms with Crippen LogP contribution >= 0.6 is 12.4 Å². The van der Waals surface area contributed by atoms with Gasteiger partial charge >= 0.3 is 6.18 Å². The molecule has 0 spiro atoms. The Morgan fingerprint density at radius 2 is 1.58 bits per heavy atom. The lowest BCUT2D eigenvalue weighted by molar-refractivity contribution is -0.137. The number of alkyl halides is 3. The van der Waals surface area contributed by atoms with Crippen molar-refractivity contribution in [2.45, 2.75) is 35.2 Å². The fourth-order valence-corrected chi connectivity index (χ4v) is 6.23. The van der Waals surface area contributed by atoms with E-state index in [1.807, 2.05) is 17.0 Å². The Kier molecular flexibility index (Phi) is 9.03. The number of hydrogen-bond acceptors (Lipinski definition) is 7. The van der Waals surface area contributed by atoms with E-state index in [0.717, 1.165) is 30.0 Å². The Bertz CT molecular complexity index is 1330. The van der Waals surface area contributed by atoms with Crippen LogP contribution in [0.15, 0.2) is 77.8 Å². The van der Waals surface area contributed by atoms with Gasteiger partial charge in [-0.25, -0.2) is 13.9 Å². The summed E-state index contributed by atoms with van der Waals surface area (Å²) in [7, 11) is -4.24. The fraction of sp³-hybridized carbons (Fsp3) is 0.280. The number of nitrogens with one attached hydrogen (secondary N) is 1. The number of carbonyl (C=O) groups is 1. The largest absolute Gasteiger partial charge is 0.457 e. The lowest BCUT2D eigenvalue weighted by atomic mass is 9.94. The van der Waals surface area contributed by atoms with Gasteiger partial charge < -0.3 is 4.74 Å². The number of hydroxylamine groups is 1. The van der Waals surface area contributed by atoms with Gasteiger partial charge in [0.1, 0.15) is 11.5 Å². The molecule has 0 bridgehead atoms. The third-order valence-electron chi connectivity index (χ3n) is 6.36. The minimum absolute atomic E-state index is 0. The van der Waals surface area contributed by atoms with E-state index >= 15 is 0 Å². The minimum atomic E-state index is -4.47. The van der Waals surface area contributed by atoms with Crippen molar-refractivity contribution in [3.8, 4) is 11.5 Å². The van der Waals surface area contributed by atoms with Crippen LogP contribution in [0, 0.1) is 0 Å². The van der Waals surface area contributed by atoms with E-state index in [2.05, 4.69) is 4.98 Å². The molecule has 0 atom stereocenters. The van der Waals surface area contributed by atoms with Gasteiger partial charge in [-0.2, -0.15) is 13.2 Å². The summed E-state index contributed by atoms with van der Waals surface area (Å²) in [6, 6.07) is 14.8. The first-order chi connectivity index (χ1) is 17.5. The Labute approximate surface area is 223 Å². The summed E-state index contributed by atoms with van der Waals surface area (Å²) in [5.41, 5.74) is 1.51. The number of halogens is 4. The van der Waals surface area contributed by atoms with Crippen LogP contribution in [-0.4, -0.2) is 47.3 Å². The molecule has 2 aromatic carbocycles. The first-order valence-electron chi connectivity index (χ1n) is 11.3.